The minimum absolute atomic E-state index is 0. The van der Waals surface area contributed by atoms with Gasteiger partial charge in [0, 0.05) is 45.7 Å². The summed E-state index contributed by atoms with van der Waals surface area (Å²) >= 11 is 0. The van der Waals surface area contributed by atoms with E-state index in [2.05, 4.69) is 10.2 Å². The summed E-state index contributed by atoms with van der Waals surface area (Å²) in [5.74, 6) is 0.890. The first kappa shape index (κ1) is 18.5. The highest BCUT2D eigenvalue weighted by atomic mass is 35.5. The quantitative estimate of drug-likeness (QED) is 0.837. The predicted octanol–water partition coefficient (Wildman–Crippen LogP) is 1.71. The maximum absolute atomic E-state index is 6.09. The maximum atomic E-state index is 6.09. The van der Waals surface area contributed by atoms with Gasteiger partial charge in [0.15, 0.2) is 0 Å². The van der Waals surface area contributed by atoms with Crippen LogP contribution in [0.4, 0.5) is 0 Å². The SMILES string of the molecule is C1CC(CN2CCOC3(CCOCC3)C2)CCN1.Cl.Cl. The fourth-order valence-corrected chi connectivity index (χ4v) is 3.55. The number of halogens is 2. The number of hydrogen-bond acceptors (Lipinski definition) is 4. The van der Waals surface area contributed by atoms with Crippen molar-refractivity contribution in [2.45, 2.75) is 31.3 Å². The summed E-state index contributed by atoms with van der Waals surface area (Å²) in [6.07, 6.45) is 4.84. The first-order chi connectivity index (χ1) is 8.86. The van der Waals surface area contributed by atoms with E-state index in [1.807, 2.05) is 0 Å². The molecule has 0 aromatic rings. The number of nitrogens with one attached hydrogen (secondary N) is 1. The van der Waals surface area contributed by atoms with Crippen molar-refractivity contribution in [3.8, 4) is 0 Å². The number of ether oxygens (including phenoxy) is 2. The van der Waals surface area contributed by atoms with Gasteiger partial charge in [-0.25, -0.2) is 0 Å². The maximum Gasteiger partial charge on any atom is 0.0853 e. The smallest absolute Gasteiger partial charge is 0.0853 e. The molecular weight excluding hydrogens is 299 g/mol. The van der Waals surface area contributed by atoms with Crippen molar-refractivity contribution in [2.24, 2.45) is 5.92 Å². The van der Waals surface area contributed by atoms with Crippen molar-refractivity contribution in [3.05, 3.63) is 0 Å². The second-order valence-electron chi connectivity index (χ2n) is 6.07. The topological polar surface area (TPSA) is 33.7 Å². The van der Waals surface area contributed by atoms with E-state index >= 15 is 0 Å². The third-order valence-electron chi connectivity index (χ3n) is 4.71. The second kappa shape index (κ2) is 8.76. The molecule has 1 spiro atoms. The molecule has 3 heterocycles. The van der Waals surface area contributed by atoms with E-state index in [0.717, 1.165) is 51.7 Å². The number of piperidine rings is 1. The van der Waals surface area contributed by atoms with Crippen LogP contribution in [-0.2, 0) is 9.47 Å². The van der Waals surface area contributed by atoms with Crippen LogP contribution in [0.25, 0.3) is 0 Å². The Labute approximate surface area is 134 Å². The number of morpholine rings is 1. The van der Waals surface area contributed by atoms with E-state index < -0.39 is 0 Å². The van der Waals surface area contributed by atoms with Crippen molar-refractivity contribution < 1.29 is 9.47 Å². The fourth-order valence-electron chi connectivity index (χ4n) is 3.55. The molecule has 20 heavy (non-hydrogen) atoms. The molecule has 3 fully saturated rings. The molecule has 0 aromatic carbocycles. The second-order valence-corrected chi connectivity index (χ2v) is 6.07. The Kier molecular flexibility index (Phi) is 8.09. The third-order valence-corrected chi connectivity index (χ3v) is 4.71. The van der Waals surface area contributed by atoms with E-state index in [1.165, 1.54) is 32.5 Å². The molecule has 3 rings (SSSR count). The molecule has 0 unspecified atom stereocenters. The van der Waals surface area contributed by atoms with Crippen molar-refractivity contribution in [2.75, 3.05) is 52.5 Å². The van der Waals surface area contributed by atoms with Gasteiger partial charge in [0.1, 0.15) is 0 Å². The van der Waals surface area contributed by atoms with Crippen molar-refractivity contribution in [1.29, 1.82) is 0 Å². The van der Waals surface area contributed by atoms with Crippen LogP contribution >= 0.6 is 24.8 Å². The van der Waals surface area contributed by atoms with Gasteiger partial charge in [-0.1, -0.05) is 0 Å². The highest BCUT2D eigenvalue weighted by molar-refractivity contribution is 5.85. The first-order valence-corrected chi connectivity index (χ1v) is 7.51. The summed E-state index contributed by atoms with van der Waals surface area (Å²) in [6, 6.07) is 0. The van der Waals surface area contributed by atoms with E-state index in [-0.39, 0.29) is 30.4 Å². The lowest BCUT2D eigenvalue weighted by molar-refractivity contribution is -0.155. The van der Waals surface area contributed by atoms with Crippen LogP contribution in [0.15, 0.2) is 0 Å². The van der Waals surface area contributed by atoms with Gasteiger partial charge in [0.05, 0.1) is 12.2 Å². The standard InChI is InChI=1S/C14H26N2O2.2ClH/c1-5-15-6-2-13(1)11-16-7-10-18-14(12-16)3-8-17-9-4-14;;/h13,15H,1-12H2;2*1H. The predicted molar refractivity (Wildman–Crippen MR) is 85.3 cm³/mol. The number of nitrogens with zero attached hydrogens (tertiary/aromatic N) is 1. The zero-order chi connectivity index (χ0) is 12.3. The van der Waals surface area contributed by atoms with Gasteiger partial charge in [0.2, 0.25) is 0 Å². The molecule has 3 aliphatic rings. The van der Waals surface area contributed by atoms with Crippen LogP contribution < -0.4 is 5.32 Å². The van der Waals surface area contributed by atoms with Crippen LogP contribution in [0, 0.1) is 5.92 Å². The fraction of sp³-hybridized carbons (Fsp3) is 1.00. The molecule has 0 radical (unpaired) electrons. The van der Waals surface area contributed by atoms with Gasteiger partial charge >= 0.3 is 0 Å². The number of hydrogen-bond donors (Lipinski definition) is 1. The molecule has 0 aliphatic carbocycles. The van der Waals surface area contributed by atoms with E-state index in [9.17, 15) is 0 Å². The van der Waals surface area contributed by atoms with E-state index in [0.29, 0.717) is 0 Å². The third kappa shape index (κ3) is 4.72. The molecule has 120 valence electrons. The molecular formula is C14H28Cl2N2O2. The molecule has 6 heteroatoms. The van der Waals surface area contributed by atoms with Gasteiger partial charge in [-0.05, 0) is 31.8 Å². The summed E-state index contributed by atoms with van der Waals surface area (Å²) in [4.78, 5) is 2.64. The largest absolute Gasteiger partial charge is 0.381 e. The average molecular weight is 327 g/mol. The highest BCUT2D eigenvalue weighted by Crippen LogP contribution is 2.29. The molecule has 1 N–H and O–H groups in total. The van der Waals surface area contributed by atoms with Crippen LogP contribution in [0.2, 0.25) is 0 Å². The molecule has 4 nitrogen and oxygen atoms in total. The van der Waals surface area contributed by atoms with Gasteiger partial charge in [-0.3, -0.25) is 4.90 Å². The first-order valence-electron chi connectivity index (χ1n) is 7.51. The Bertz CT molecular complexity index is 264. The number of rotatable bonds is 2. The lowest BCUT2D eigenvalue weighted by Gasteiger charge is -2.45. The summed E-state index contributed by atoms with van der Waals surface area (Å²) in [7, 11) is 0. The monoisotopic (exact) mass is 326 g/mol. The van der Waals surface area contributed by atoms with Crippen molar-refractivity contribution in [1.82, 2.24) is 10.2 Å². The highest BCUT2D eigenvalue weighted by Gasteiger charge is 2.38. The minimum Gasteiger partial charge on any atom is -0.381 e. The van der Waals surface area contributed by atoms with Gasteiger partial charge in [-0.2, -0.15) is 0 Å². The molecule has 0 aromatic heterocycles. The molecule has 0 bridgehead atoms. The van der Waals surface area contributed by atoms with Crippen LogP contribution in [0.1, 0.15) is 25.7 Å². The Balaban J connectivity index is 0.000001000. The molecule has 3 saturated heterocycles. The van der Waals surface area contributed by atoms with E-state index in [1.54, 1.807) is 0 Å². The molecule has 0 saturated carbocycles. The summed E-state index contributed by atoms with van der Waals surface area (Å²) < 4.78 is 11.6. The summed E-state index contributed by atoms with van der Waals surface area (Å²) in [5.41, 5.74) is 0.115. The Morgan fingerprint density at radius 3 is 2.45 bits per heavy atom. The van der Waals surface area contributed by atoms with Crippen molar-refractivity contribution >= 4 is 24.8 Å². The van der Waals surface area contributed by atoms with Crippen LogP contribution in [0.3, 0.4) is 0 Å². The van der Waals surface area contributed by atoms with Gasteiger partial charge in [-0.15, -0.1) is 24.8 Å². The summed E-state index contributed by atoms with van der Waals surface area (Å²) in [5, 5.41) is 3.45. The minimum atomic E-state index is 0. The van der Waals surface area contributed by atoms with Crippen LogP contribution in [0.5, 0.6) is 0 Å². The lowest BCUT2D eigenvalue weighted by atomic mass is 9.90. The van der Waals surface area contributed by atoms with Gasteiger partial charge < -0.3 is 14.8 Å². The molecule has 0 amide bonds. The normalized spacial score (nSPS) is 27.6. The molecule has 3 aliphatic heterocycles. The molecule has 0 atom stereocenters. The Morgan fingerprint density at radius 1 is 1.05 bits per heavy atom. The Hall–Kier alpha value is 0.420. The van der Waals surface area contributed by atoms with E-state index in [4.69, 9.17) is 9.47 Å². The van der Waals surface area contributed by atoms with Crippen molar-refractivity contribution in [3.63, 3.8) is 0 Å². The summed E-state index contributed by atoms with van der Waals surface area (Å²) in [6.45, 7) is 8.58. The van der Waals surface area contributed by atoms with Crippen LogP contribution in [-0.4, -0.2) is 63.0 Å². The lowest BCUT2D eigenvalue weighted by Crippen LogP contribution is -2.55. The Morgan fingerprint density at radius 2 is 1.75 bits per heavy atom. The zero-order valence-electron chi connectivity index (χ0n) is 12.1. The van der Waals surface area contributed by atoms with Gasteiger partial charge in [0.25, 0.3) is 0 Å². The average Bonchev–Trinajstić information content (AvgIpc) is 2.41. The zero-order valence-corrected chi connectivity index (χ0v) is 13.8.